The minimum Gasteiger partial charge on any atom is -0.497 e. The van der Waals surface area contributed by atoms with Crippen LogP contribution < -0.4 is 15.4 Å². The molecule has 0 radical (unpaired) electrons. The van der Waals surface area contributed by atoms with Gasteiger partial charge in [-0.15, -0.1) is 0 Å². The lowest BCUT2D eigenvalue weighted by atomic mass is 10.3. The molecule has 2 N–H and O–H groups in total. The maximum absolute atomic E-state index is 12.3. The number of anilines is 3. The molecule has 3 aromatic rings. The topological polar surface area (TPSA) is 76.1 Å². The zero-order valence-electron chi connectivity index (χ0n) is 13.7. The lowest BCUT2D eigenvalue weighted by Crippen LogP contribution is -2.14. The van der Waals surface area contributed by atoms with Gasteiger partial charge in [-0.05, 0) is 24.3 Å². The van der Waals surface area contributed by atoms with Crippen molar-refractivity contribution >= 4 is 46.3 Å². The number of halogens is 2. The molecule has 0 spiro atoms. The Kier molecular flexibility index (Phi) is 5.55. The van der Waals surface area contributed by atoms with E-state index in [1.807, 2.05) is 0 Å². The third-order valence-corrected chi connectivity index (χ3v) is 4.25. The fourth-order valence-electron chi connectivity index (χ4n) is 2.14. The Balaban J connectivity index is 1.70. The van der Waals surface area contributed by atoms with Gasteiger partial charge in [0.25, 0.3) is 5.91 Å². The molecule has 3 rings (SSSR count). The van der Waals surface area contributed by atoms with Crippen LogP contribution in [0.1, 0.15) is 10.5 Å². The number of hydrogen-bond donors (Lipinski definition) is 2. The van der Waals surface area contributed by atoms with E-state index in [0.717, 1.165) is 0 Å². The molecule has 0 unspecified atom stereocenters. The molecule has 0 aliphatic carbocycles. The highest BCUT2D eigenvalue weighted by atomic mass is 35.5. The van der Waals surface area contributed by atoms with Crippen LogP contribution in [0.4, 0.5) is 17.2 Å². The second-order valence-electron chi connectivity index (χ2n) is 5.20. The Bertz CT molecular complexity index is 933. The number of carbonyl (C=O) groups is 1. The Labute approximate surface area is 160 Å². The lowest BCUT2D eigenvalue weighted by molar-refractivity contribution is 0.102. The first-order valence-corrected chi connectivity index (χ1v) is 8.31. The molecule has 0 bridgehead atoms. The summed E-state index contributed by atoms with van der Waals surface area (Å²) < 4.78 is 5.12. The first kappa shape index (κ1) is 18.0. The number of benzene rings is 2. The lowest BCUT2D eigenvalue weighted by Gasteiger charge is -2.09. The first-order valence-electron chi connectivity index (χ1n) is 7.55. The quantitative estimate of drug-likeness (QED) is 0.656. The molecule has 132 valence electrons. The van der Waals surface area contributed by atoms with Crippen LogP contribution in [0.15, 0.2) is 54.9 Å². The van der Waals surface area contributed by atoms with Crippen molar-refractivity contribution in [2.24, 2.45) is 0 Å². The molecule has 1 amide bonds. The van der Waals surface area contributed by atoms with Crippen LogP contribution in [0.25, 0.3) is 0 Å². The molecular weight excluding hydrogens is 375 g/mol. The van der Waals surface area contributed by atoms with E-state index in [1.54, 1.807) is 49.6 Å². The molecule has 1 heterocycles. The molecule has 0 fully saturated rings. The molecule has 0 saturated carbocycles. The van der Waals surface area contributed by atoms with Crippen molar-refractivity contribution in [1.29, 1.82) is 0 Å². The average Bonchev–Trinajstić information content (AvgIpc) is 2.66. The largest absolute Gasteiger partial charge is 0.497 e. The van der Waals surface area contributed by atoms with Crippen molar-refractivity contribution in [1.82, 2.24) is 9.97 Å². The van der Waals surface area contributed by atoms with Gasteiger partial charge in [-0.2, -0.15) is 0 Å². The summed E-state index contributed by atoms with van der Waals surface area (Å²) in [5.74, 6) is 0.706. The molecule has 0 aliphatic rings. The van der Waals surface area contributed by atoms with Gasteiger partial charge in [-0.25, -0.2) is 9.97 Å². The van der Waals surface area contributed by atoms with Gasteiger partial charge in [-0.3, -0.25) is 4.79 Å². The van der Waals surface area contributed by atoms with Crippen molar-refractivity contribution in [3.8, 4) is 5.75 Å². The molecule has 8 heteroatoms. The second kappa shape index (κ2) is 8.03. The highest BCUT2D eigenvalue weighted by molar-refractivity contribution is 6.43. The van der Waals surface area contributed by atoms with Gasteiger partial charge >= 0.3 is 0 Å². The Morgan fingerprint density at radius 2 is 1.88 bits per heavy atom. The molecule has 0 atom stereocenters. The molecule has 1 aromatic heterocycles. The van der Waals surface area contributed by atoms with Gasteiger partial charge in [-0.1, -0.05) is 35.3 Å². The molecule has 2 aromatic carbocycles. The van der Waals surface area contributed by atoms with E-state index < -0.39 is 0 Å². The smallest absolute Gasteiger partial charge is 0.275 e. The van der Waals surface area contributed by atoms with Crippen molar-refractivity contribution in [2.45, 2.75) is 0 Å². The van der Waals surface area contributed by atoms with Crippen LogP contribution in [0.2, 0.25) is 10.0 Å². The summed E-state index contributed by atoms with van der Waals surface area (Å²) >= 11 is 12.1. The van der Waals surface area contributed by atoms with E-state index in [2.05, 4.69) is 20.6 Å². The van der Waals surface area contributed by atoms with Crippen LogP contribution in [-0.2, 0) is 0 Å². The Morgan fingerprint density at radius 3 is 2.62 bits per heavy atom. The number of ether oxygens (including phenoxy) is 1. The number of nitrogens with one attached hydrogen (secondary N) is 2. The van der Waals surface area contributed by atoms with Gasteiger partial charge in [0.15, 0.2) is 0 Å². The van der Waals surface area contributed by atoms with Crippen LogP contribution in [0, 0.1) is 0 Å². The van der Waals surface area contributed by atoms with Crippen molar-refractivity contribution in [3.63, 3.8) is 0 Å². The number of rotatable bonds is 5. The fraction of sp³-hybridized carbons (Fsp3) is 0.0556. The zero-order valence-corrected chi connectivity index (χ0v) is 15.2. The Morgan fingerprint density at radius 1 is 1.08 bits per heavy atom. The maximum atomic E-state index is 12.3. The van der Waals surface area contributed by atoms with Gasteiger partial charge in [0.05, 0.1) is 35.2 Å². The number of methoxy groups -OCH3 is 1. The Hall–Kier alpha value is -2.83. The number of amides is 1. The van der Waals surface area contributed by atoms with Crippen LogP contribution in [0.3, 0.4) is 0 Å². The van der Waals surface area contributed by atoms with Crippen LogP contribution in [-0.4, -0.2) is 23.0 Å². The van der Waals surface area contributed by atoms with Crippen LogP contribution in [0.5, 0.6) is 5.75 Å². The van der Waals surface area contributed by atoms with Gasteiger partial charge < -0.3 is 15.4 Å². The molecule has 0 saturated heterocycles. The second-order valence-corrected chi connectivity index (χ2v) is 5.98. The summed E-state index contributed by atoms with van der Waals surface area (Å²) in [6.07, 6.45) is 2.81. The SMILES string of the molecule is COc1cccc(NC(=O)c2cnc(Nc3cccc(Cl)c3Cl)cn2)c1. The van der Waals surface area contributed by atoms with E-state index in [9.17, 15) is 4.79 Å². The predicted octanol–water partition coefficient (Wildman–Crippen LogP) is 4.79. The first-order chi connectivity index (χ1) is 12.6. The summed E-state index contributed by atoms with van der Waals surface area (Å²) in [4.78, 5) is 20.6. The molecule has 26 heavy (non-hydrogen) atoms. The van der Waals surface area contributed by atoms with E-state index in [0.29, 0.717) is 33.0 Å². The van der Waals surface area contributed by atoms with Crippen molar-refractivity contribution in [2.75, 3.05) is 17.7 Å². The zero-order chi connectivity index (χ0) is 18.5. The predicted molar refractivity (Wildman–Crippen MR) is 103 cm³/mol. The third kappa shape index (κ3) is 4.22. The summed E-state index contributed by atoms with van der Waals surface area (Å²) in [5, 5.41) is 6.56. The standard InChI is InChI=1S/C18H14Cl2N4O2/c1-26-12-5-2-4-11(8-12)23-18(25)15-9-22-16(10-21-15)24-14-7-3-6-13(19)17(14)20/h2-10H,1H3,(H,22,24)(H,23,25). The van der Waals surface area contributed by atoms with E-state index >= 15 is 0 Å². The fourth-order valence-corrected chi connectivity index (χ4v) is 2.49. The van der Waals surface area contributed by atoms with Crippen molar-refractivity contribution < 1.29 is 9.53 Å². The van der Waals surface area contributed by atoms with Gasteiger partial charge in [0.1, 0.15) is 17.3 Å². The average molecular weight is 389 g/mol. The minimum atomic E-state index is -0.377. The molecular formula is C18H14Cl2N4O2. The maximum Gasteiger partial charge on any atom is 0.275 e. The van der Waals surface area contributed by atoms with E-state index in [1.165, 1.54) is 12.4 Å². The van der Waals surface area contributed by atoms with E-state index in [-0.39, 0.29) is 11.6 Å². The van der Waals surface area contributed by atoms with Crippen molar-refractivity contribution in [3.05, 3.63) is 70.6 Å². The highest BCUT2D eigenvalue weighted by Crippen LogP contribution is 2.31. The summed E-state index contributed by atoms with van der Waals surface area (Å²) in [6, 6.07) is 12.2. The number of hydrogen-bond acceptors (Lipinski definition) is 5. The number of nitrogens with zero attached hydrogens (tertiary/aromatic N) is 2. The van der Waals surface area contributed by atoms with E-state index in [4.69, 9.17) is 27.9 Å². The summed E-state index contributed by atoms with van der Waals surface area (Å²) in [5.41, 5.74) is 1.38. The minimum absolute atomic E-state index is 0.176. The molecule has 6 nitrogen and oxygen atoms in total. The highest BCUT2D eigenvalue weighted by Gasteiger charge is 2.10. The van der Waals surface area contributed by atoms with Gasteiger partial charge in [0.2, 0.25) is 0 Å². The van der Waals surface area contributed by atoms with Gasteiger partial charge in [0, 0.05) is 11.8 Å². The molecule has 0 aliphatic heterocycles. The third-order valence-electron chi connectivity index (χ3n) is 3.43. The number of aromatic nitrogens is 2. The summed E-state index contributed by atoms with van der Waals surface area (Å²) in [7, 11) is 1.56. The normalized spacial score (nSPS) is 10.3. The summed E-state index contributed by atoms with van der Waals surface area (Å²) in [6.45, 7) is 0. The monoisotopic (exact) mass is 388 g/mol. The number of carbonyl (C=O) groups excluding carboxylic acids is 1. The van der Waals surface area contributed by atoms with Crippen LogP contribution >= 0.6 is 23.2 Å².